The number of fused-ring (bicyclic) bond motifs is 1. The van der Waals surface area contributed by atoms with Gasteiger partial charge in [0.1, 0.15) is 22.8 Å². The molecule has 0 fully saturated rings. The van der Waals surface area contributed by atoms with Crippen molar-refractivity contribution in [1.82, 2.24) is 14.5 Å². The Kier molecular flexibility index (Phi) is 8.12. The van der Waals surface area contributed by atoms with Gasteiger partial charge in [-0.3, -0.25) is 14.2 Å². The van der Waals surface area contributed by atoms with E-state index in [1.54, 1.807) is 24.5 Å². The van der Waals surface area contributed by atoms with Crippen LogP contribution in [0.15, 0.2) is 90.1 Å². The first-order valence-corrected chi connectivity index (χ1v) is 11.4. The summed E-state index contributed by atoms with van der Waals surface area (Å²) in [6, 6.07) is 15.5. The molecule has 9 nitrogen and oxygen atoms in total. The number of hydrogen-bond donors (Lipinski definition) is 3. The van der Waals surface area contributed by atoms with Crippen LogP contribution in [0.25, 0.3) is 16.7 Å². The van der Waals surface area contributed by atoms with E-state index in [9.17, 15) is 31.5 Å². The van der Waals surface area contributed by atoms with Crippen LogP contribution in [0.3, 0.4) is 0 Å². The monoisotopic (exact) mass is 572 g/mol. The fourth-order valence-corrected chi connectivity index (χ4v) is 3.47. The topological polar surface area (TPSA) is 126 Å². The number of amides is 1. The molecule has 14 heteroatoms. The quantitative estimate of drug-likeness (QED) is 0.233. The molecular formula is C27H17F5N4O5. The van der Waals surface area contributed by atoms with E-state index in [0.717, 1.165) is 6.07 Å². The summed E-state index contributed by atoms with van der Waals surface area (Å²) in [6.45, 7) is 0. The second-order valence-electron chi connectivity index (χ2n) is 8.13. The maximum Gasteiger partial charge on any atom is 0.490 e. The van der Waals surface area contributed by atoms with Crippen molar-refractivity contribution in [2.75, 3.05) is 5.32 Å². The second-order valence-corrected chi connectivity index (χ2v) is 8.13. The number of hydrogen-bond acceptors (Lipinski definition) is 5. The molecule has 3 N–H and O–H groups in total. The minimum atomic E-state index is -5.08. The van der Waals surface area contributed by atoms with Crippen molar-refractivity contribution in [2.24, 2.45) is 0 Å². The number of ether oxygens (including phenoxy) is 1. The summed E-state index contributed by atoms with van der Waals surface area (Å²) in [6.07, 6.45) is -0.370. The molecule has 3 heterocycles. The van der Waals surface area contributed by atoms with Gasteiger partial charge in [-0.05, 0) is 60.7 Å². The summed E-state index contributed by atoms with van der Waals surface area (Å²) in [7, 11) is 0. The Bertz CT molecular complexity index is 1780. The number of H-pyrrole nitrogens is 1. The number of benzene rings is 2. The number of carboxylic acids is 1. The van der Waals surface area contributed by atoms with Gasteiger partial charge in [0, 0.05) is 36.0 Å². The van der Waals surface area contributed by atoms with E-state index in [0.29, 0.717) is 22.5 Å². The number of carbonyl (C=O) groups is 2. The lowest BCUT2D eigenvalue weighted by molar-refractivity contribution is -0.192. The number of nitrogens with zero attached hydrogens (tertiary/aromatic N) is 2. The van der Waals surface area contributed by atoms with Crippen LogP contribution in [0.5, 0.6) is 11.5 Å². The predicted molar refractivity (Wildman–Crippen MR) is 136 cm³/mol. The molecule has 5 rings (SSSR count). The highest BCUT2D eigenvalue weighted by Crippen LogP contribution is 2.31. The fraction of sp³-hybridized carbons (Fsp3) is 0.0370. The van der Waals surface area contributed by atoms with E-state index in [2.05, 4.69) is 15.3 Å². The Morgan fingerprint density at radius 3 is 2.34 bits per heavy atom. The van der Waals surface area contributed by atoms with Crippen molar-refractivity contribution in [3.63, 3.8) is 0 Å². The number of rotatable bonds is 5. The van der Waals surface area contributed by atoms with Crippen LogP contribution in [-0.4, -0.2) is 37.7 Å². The molecule has 5 aromatic rings. The van der Waals surface area contributed by atoms with E-state index >= 15 is 0 Å². The van der Waals surface area contributed by atoms with Crippen LogP contribution in [0.1, 0.15) is 10.4 Å². The van der Waals surface area contributed by atoms with Crippen LogP contribution in [0, 0.1) is 11.6 Å². The normalized spacial score (nSPS) is 11.0. The van der Waals surface area contributed by atoms with E-state index in [-0.39, 0.29) is 17.0 Å². The fourth-order valence-electron chi connectivity index (χ4n) is 3.47. The maximum atomic E-state index is 14.7. The van der Waals surface area contributed by atoms with Crippen molar-refractivity contribution in [3.05, 3.63) is 113 Å². The lowest BCUT2D eigenvalue weighted by atomic mass is 10.2. The maximum absolute atomic E-state index is 14.7. The minimum Gasteiger partial charge on any atom is -0.475 e. The highest BCUT2D eigenvalue weighted by molar-refractivity contribution is 6.04. The van der Waals surface area contributed by atoms with Crippen molar-refractivity contribution in [2.45, 2.75) is 6.18 Å². The second kappa shape index (κ2) is 11.7. The number of pyridine rings is 2. The third-order valence-electron chi connectivity index (χ3n) is 5.37. The first-order valence-electron chi connectivity index (χ1n) is 11.4. The molecule has 210 valence electrons. The highest BCUT2D eigenvalue weighted by atomic mass is 19.4. The molecule has 0 atom stereocenters. The number of anilines is 1. The third kappa shape index (κ3) is 6.73. The van der Waals surface area contributed by atoms with Gasteiger partial charge in [-0.15, -0.1) is 0 Å². The molecule has 0 aliphatic carbocycles. The van der Waals surface area contributed by atoms with Crippen molar-refractivity contribution >= 4 is 28.6 Å². The lowest BCUT2D eigenvalue weighted by Crippen LogP contribution is -2.27. The minimum absolute atomic E-state index is 0.0370. The molecule has 0 bridgehead atoms. The molecule has 0 spiro atoms. The van der Waals surface area contributed by atoms with Crippen LogP contribution in [0.2, 0.25) is 0 Å². The van der Waals surface area contributed by atoms with E-state index in [1.165, 1.54) is 59.3 Å². The molecule has 0 saturated heterocycles. The Morgan fingerprint density at radius 2 is 1.68 bits per heavy atom. The van der Waals surface area contributed by atoms with Crippen LogP contribution >= 0.6 is 0 Å². The van der Waals surface area contributed by atoms with Gasteiger partial charge < -0.3 is 20.1 Å². The number of carboxylic acid groups (broad SMARTS) is 1. The van der Waals surface area contributed by atoms with Gasteiger partial charge in [0.25, 0.3) is 11.5 Å². The molecule has 3 aromatic heterocycles. The standard InChI is InChI=1S/C25H16F2N4O3.C2HF3O2/c26-15-3-6-17(7-4-15)31-13-1-2-19(25(31)33)24(32)30-16-5-8-22(20(27)14-16)34-21-10-12-29-23-18(21)9-11-28-23;3-2(4,5)1(6)7/h1-14H,(H,28,29)(H,30,32);(H,6,7). The Balaban J connectivity index is 0.000000493. The van der Waals surface area contributed by atoms with E-state index < -0.39 is 35.2 Å². The van der Waals surface area contributed by atoms with Crippen molar-refractivity contribution in [1.29, 1.82) is 0 Å². The zero-order valence-corrected chi connectivity index (χ0v) is 20.4. The molecule has 0 saturated carbocycles. The first-order chi connectivity index (χ1) is 19.4. The van der Waals surface area contributed by atoms with Crippen LogP contribution in [0.4, 0.5) is 27.6 Å². The first kappa shape index (κ1) is 28.5. The number of carbonyl (C=O) groups excluding carboxylic acids is 1. The zero-order chi connectivity index (χ0) is 29.7. The molecule has 2 aromatic carbocycles. The number of aromatic amines is 1. The summed E-state index contributed by atoms with van der Waals surface area (Å²) in [5.41, 5.74) is 0.407. The van der Waals surface area contributed by atoms with E-state index in [1.807, 2.05) is 0 Å². The summed E-state index contributed by atoms with van der Waals surface area (Å²) in [5, 5.41) is 10.3. The van der Waals surface area contributed by atoms with Gasteiger partial charge in [-0.2, -0.15) is 13.2 Å². The van der Waals surface area contributed by atoms with Gasteiger partial charge in [0.05, 0.1) is 5.39 Å². The highest BCUT2D eigenvalue weighted by Gasteiger charge is 2.38. The van der Waals surface area contributed by atoms with Gasteiger partial charge in [-0.1, -0.05) is 0 Å². The molecular weight excluding hydrogens is 555 g/mol. The van der Waals surface area contributed by atoms with Crippen molar-refractivity contribution < 1.29 is 41.4 Å². The number of aromatic nitrogens is 3. The molecule has 0 aliphatic heterocycles. The summed E-state index contributed by atoms with van der Waals surface area (Å²) < 4.78 is 66.6. The largest absolute Gasteiger partial charge is 0.490 e. The Labute approximate surface area is 226 Å². The SMILES string of the molecule is O=C(Nc1ccc(Oc2ccnc3[nH]ccc23)c(F)c1)c1cccn(-c2ccc(F)cc2)c1=O.O=C(O)C(F)(F)F. The van der Waals surface area contributed by atoms with Gasteiger partial charge in [0.15, 0.2) is 11.6 Å². The predicted octanol–water partition coefficient (Wildman–Crippen LogP) is 5.67. The average molecular weight is 572 g/mol. The number of aliphatic carboxylic acids is 1. The van der Waals surface area contributed by atoms with Gasteiger partial charge in [0.2, 0.25) is 0 Å². The Hall–Kier alpha value is -5.53. The van der Waals surface area contributed by atoms with Crippen LogP contribution < -0.4 is 15.6 Å². The van der Waals surface area contributed by atoms with Crippen molar-refractivity contribution in [3.8, 4) is 17.2 Å². The van der Waals surface area contributed by atoms with E-state index in [4.69, 9.17) is 14.6 Å². The third-order valence-corrected chi connectivity index (χ3v) is 5.37. The van der Waals surface area contributed by atoms with Crippen LogP contribution in [-0.2, 0) is 4.79 Å². The number of alkyl halides is 3. The number of nitrogens with one attached hydrogen (secondary N) is 2. The summed E-state index contributed by atoms with van der Waals surface area (Å²) in [4.78, 5) is 41.5. The average Bonchev–Trinajstić information content (AvgIpc) is 3.41. The molecule has 0 radical (unpaired) electrons. The summed E-state index contributed by atoms with van der Waals surface area (Å²) in [5.74, 6) is -4.22. The zero-order valence-electron chi connectivity index (χ0n) is 20.4. The lowest BCUT2D eigenvalue weighted by Gasteiger charge is -2.11. The molecule has 1 amide bonds. The van der Waals surface area contributed by atoms with Gasteiger partial charge in [-0.25, -0.2) is 18.6 Å². The van der Waals surface area contributed by atoms with Gasteiger partial charge >= 0.3 is 12.1 Å². The molecule has 0 aliphatic rings. The number of halogens is 5. The molecule has 41 heavy (non-hydrogen) atoms. The summed E-state index contributed by atoms with van der Waals surface area (Å²) >= 11 is 0. The Morgan fingerprint density at radius 1 is 0.976 bits per heavy atom. The molecule has 0 unspecified atom stereocenters. The smallest absolute Gasteiger partial charge is 0.475 e.